The van der Waals surface area contributed by atoms with E-state index >= 15 is 0 Å². The maximum Gasteiger partial charge on any atom is 0.210 e. The number of rotatable bonds is 5. The van der Waals surface area contributed by atoms with Gasteiger partial charge in [0.1, 0.15) is 0 Å². The van der Waals surface area contributed by atoms with Crippen LogP contribution in [0.2, 0.25) is 0 Å². The molecular formula is C12H26N4O2S2. The van der Waals surface area contributed by atoms with Crippen LogP contribution in [0.3, 0.4) is 0 Å². The molecule has 1 aliphatic rings. The fourth-order valence-electron chi connectivity index (χ4n) is 1.98. The van der Waals surface area contributed by atoms with Crippen molar-refractivity contribution < 1.29 is 8.42 Å². The van der Waals surface area contributed by atoms with E-state index in [1.54, 1.807) is 0 Å². The summed E-state index contributed by atoms with van der Waals surface area (Å²) >= 11 is 2.00. The molecule has 0 radical (unpaired) electrons. The Bertz CT molecular complexity index is 423. The lowest BCUT2D eigenvalue weighted by Gasteiger charge is -2.36. The van der Waals surface area contributed by atoms with Crippen LogP contribution >= 0.6 is 11.8 Å². The normalized spacial score (nSPS) is 21.4. The fraction of sp³-hybridized carbons (Fsp3) is 0.917. The molecule has 0 bridgehead atoms. The van der Waals surface area contributed by atoms with Crippen LogP contribution in [-0.2, 0) is 10.0 Å². The number of nitrogens with two attached hydrogens (primary N) is 1. The quantitative estimate of drug-likeness (QED) is 0.562. The molecule has 0 aromatic carbocycles. The molecule has 1 fully saturated rings. The van der Waals surface area contributed by atoms with Crippen molar-refractivity contribution in [3.8, 4) is 0 Å². The van der Waals surface area contributed by atoms with Gasteiger partial charge in [-0.05, 0) is 12.8 Å². The van der Waals surface area contributed by atoms with Crippen LogP contribution < -0.4 is 10.5 Å². The summed E-state index contributed by atoms with van der Waals surface area (Å²) in [6.07, 6.45) is 0. The number of aliphatic imine (C=N–C) groups is 1. The van der Waals surface area contributed by atoms with Gasteiger partial charge in [-0.25, -0.2) is 13.6 Å². The predicted octanol–water partition coefficient (Wildman–Crippen LogP) is 0.314. The van der Waals surface area contributed by atoms with Gasteiger partial charge in [-0.2, -0.15) is 11.8 Å². The number of thioether (sulfide) groups is 1. The first-order valence-corrected chi connectivity index (χ1v) is 9.75. The lowest BCUT2D eigenvalue weighted by atomic mass is 10.1. The van der Waals surface area contributed by atoms with Crippen LogP contribution in [0.1, 0.15) is 20.8 Å². The Labute approximate surface area is 126 Å². The van der Waals surface area contributed by atoms with E-state index in [0.29, 0.717) is 11.2 Å². The van der Waals surface area contributed by atoms with Gasteiger partial charge in [0, 0.05) is 30.6 Å². The minimum atomic E-state index is -3.45. The lowest BCUT2D eigenvalue weighted by Crippen LogP contribution is -2.49. The molecule has 20 heavy (non-hydrogen) atoms. The molecule has 0 spiro atoms. The second kappa shape index (κ2) is 8.09. The van der Waals surface area contributed by atoms with Gasteiger partial charge in [0.15, 0.2) is 5.96 Å². The first-order chi connectivity index (χ1) is 9.33. The highest BCUT2D eigenvalue weighted by molar-refractivity contribution is 8.00. The van der Waals surface area contributed by atoms with Gasteiger partial charge in [0.25, 0.3) is 0 Å². The number of hydrogen-bond donors (Lipinski definition) is 2. The highest BCUT2D eigenvalue weighted by Crippen LogP contribution is 2.24. The molecule has 118 valence electrons. The van der Waals surface area contributed by atoms with Crippen LogP contribution in [0.4, 0.5) is 0 Å². The molecule has 0 aromatic heterocycles. The molecule has 8 heteroatoms. The van der Waals surface area contributed by atoms with E-state index in [9.17, 15) is 8.42 Å². The van der Waals surface area contributed by atoms with Crippen molar-refractivity contribution in [3.63, 3.8) is 0 Å². The van der Waals surface area contributed by atoms with Gasteiger partial charge in [-0.3, -0.25) is 4.99 Å². The first kappa shape index (κ1) is 17.6. The van der Waals surface area contributed by atoms with Crippen molar-refractivity contribution in [1.82, 2.24) is 10.2 Å². The highest BCUT2D eigenvalue weighted by Gasteiger charge is 2.24. The molecule has 0 saturated carbocycles. The lowest BCUT2D eigenvalue weighted by molar-refractivity contribution is 0.381. The topological polar surface area (TPSA) is 87.8 Å². The Hall–Kier alpha value is -0.470. The van der Waals surface area contributed by atoms with Crippen molar-refractivity contribution in [3.05, 3.63) is 0 Å². The number of guanidine groups is 1. The van der Waals surface area contributed by atoms with E-state index in [0.717, 1.165) is 31.3 Å². The third kappa shape index (κ3) is 6.32. The standard InChI is InChI=1S/C12H26N4O2S2/c1-4-14-12(15-5-8-20(13,17)18)16-6-7-19-11(9-16)10(2)3/h10-11H,4-9H2,1-3H3,(H,14,15)(H2,13,17,18). The van der Waals surface area contributed by atoms with Gasteiger partial charge in [-0.1, -0.05) is 13.8 Å². The van der Waals surface area contributed by atoms with E-state index in [-0.39, 0.29) is 12.3 Å². The van der Waals surface area contributed by atoms with Gasteiger partial charge in [0.05, 0.1) is 12.3 Å². The third-order valence-corrected chi connectivity index (χ3v) is 5.40. The van der Waals surface area contributed by atoms with E-state index < -0.39 is 10.0 Å². The predicted molar refractivity (Wildman–Crippen MR) is 86.6 cm³/mol. The van der Waals surface area contributed by atoms with E-state index in [1.165, 1.54) is 0 Å². The van der Waals surface area contributed by atoms with Crippen LogP contribution in [0.25, 0.3) is 0 Å². The average Bonchev–Trinajstić information content (AvgIpc) is 2.36. The van der Waals surface area contributed by atoms with Gasteiger partial charge in [0.2, 0.25) is 10.0 Å². The summed E-state index contributed by atoms with van der Waals surface area (Å²) in [5.74, 6) is 2.37. The molecule has 1 aliphatic heterocycles. The van der Waals surface area contributed by atoms with Crippen LogP contribution in [0.15, 0.2) is 4.99 Å². The van der Waals surface area contributed by atoms with Crippen molar-refractivity contribution in [1.29, 1.82) is 0 Å². The highest BCUT2D eigenvalue weighted by atomic mass is 32.2. The van der Waals surface area contributed by atoms with Crippen molar-refractivity contribution in [2.24, 2.45) is 16.0 Å². The van der Waals surface area contributed by atoms with Crippen LogP contribution in [0.5, 0.6) is 0 Å². The molecule has 1 rings (SSSR count). The Morgan fingerprint density at radius 1 is 1.55 bits per heavy atom. The summed E-state index contributed by atoms with van der Waals surface area (Å²) in [7, 11) is -3.45. The number of nitrogens with one attached hydrogen (secondary N) is 1. The first-order valence-electron chi connectivity index (χ1n) is 6.98. The Morgan fingerprint density at radius 3 is 2.80 bits per heavy atom. The smallest absolute Gasteiger partial charge is 0.210 e. The molecule has 6 nitrogen and oxygen atoms in total. The summed E-state index contributed by atoms with van der Waals surface area (Å²) in [6.45, 7) is 9.33. The zero-order chi connectivity index (χ0) is 15.2. The second-order valence-electron chi connectivity index (χ2n) is 5.20. The number of sulfonamides is 1. The second-order valence-corrected chi connectivity index (χ2v) is 8.28. The average molecular weight is 323 g/mol. The summed E-state index contributed by atoms with van der Waals surface area (Å²) in [4.78, 5) is 6.60. The van der Waals surface area contributed by atoms with E-state index in [1.807, 2.05) is 18.7 Å². The summed E-state index contributed by atoms with van der Waals surface area (Å²) < 4.78 is 21.9. The minimum absolute atomic E-state index is 0.113. The maximum absolute atomic E-state index is 11.0. The SMILES string of the molecule is CCNC(=NCCS(N)(=O)=O)N1CCSC(C(C)C)C1. The largest absolute Gasteiger partial charge is 0.357 e. The summed E-state index contributed by atoms with van der Waals surface area (Å²) in [5, 5.41) is 8.82. The minimum Gasteiger partial charge on any atom is -0.357 e. The summed E-state index contributed by atoms with van der Waals surface area (Å²) in [5.41, 5.74) is 0. The molecule has 3 N–H and O–H groups in total. The van der Waals surface area contributed by atoms with Crippen molar-refractivity contribution in [2.75, 3.05) is 37.7 Å². The zero-order valence-corrected chi connectivity index (χ0v) is 14.1. The number of primary sulfonamides is 1. The number of nitrogens with zero attached hydrogens (tertiary/aromatic N) is 2. The molecule has 1 unspecified atom stereocenters. The molecule has 0 amide bonds. The monoisotopic (exact) mass is 322 g/mol. The molecular weight excluding hydrogens is 296 g/mol. The fourth-order valence-corrected chi connectivity index (χ4v) is 3.62. The van der Waals surface area contributed by atoms with Gasteiger partial charge < -0.3 is 10.2 Å². The van der Waals surface area contributed by atoms with Crippen LogP contribution in [-0.4, -0.2) is 62.2 Å². The summed E-state index contributed by atoms with van der Waals surface area (Å²) in [6, 6.07) is 0. The molecule has 1 heterocycles. The van der Waals surface area contributed by atoms with Crippen molar-refractivity contribution >= 4 is 27.7 Å². The van der Waals surface area contributed by atoms with Crippen molar-refractivity contribution in [2.45, 2.75) is 26.0 Å². The maximum atomic E-state index is 11.0. The molecule has 0 aliphatic carbocycles. The van der Waals surface area contributed by atoms with E-state index in [4.69, 9.17) is 5.14 Å². The van der Waals surface area contributed by atoms with E-state index in [2.05, 4.69) is 29.1 Å². The molecule has 1 atom stereocenters. The molecule has 0 aromatic rings. The Balaban J connectivity index is 2.66. The third-order valence-electron chi connectivity index (χ3n) is 3.11. The van der Waals surface area contributed by atoms with Gasteiger partial charge in [-0.15, -0.1) is 0 Å². The zero-order valence-electron chi connectivity index (χ0n) is 12.5. The van der Waals surface area contributed by atoms with Gasteiger partial charge >= 0.3 is 0 Å². The molecule has 1 saturated heterocycles. The Morgan fingerprint density at radius 2 is 2.25 bits per heavy atom. The van der Waals surface area contributed by atoms with Crippen LogP contribution in [0, 0.1) is 5.92 Å². The Kier molecular flexibility index (Phi) is 7.11. The number of hydrogen-bond acceptors (Lipinski definition) is 4.